The first-order valence-corrected chi connectivity index (χ1v) is 6.01. The molecule has 0 spiro atoms. The van der Waals surface area contributed by atoms with Crippen LogP contribution in [0.1, 0.15) is 44.1 Å². The smallest absolute Gasteiger partial charge is 0.375 e. The highest BCUT2D eigenvalue weighted by atomic mass is 16.5. The van der Waals surface area contributed by atoms with Crippen LogP contribution < -0.4 is 0 Å². The molecule has 1 aromatic heterocycles. The van der Waals surface area contributed by atoms with Gasteiger partial charge in [-0.2, -0.15) is 0 Å². The summed E-state index contributed by atoms with van der Waals surface area (Å²) in [4.78, 5) is 15.4. The topological polar surface area (TPSA) is 61.6 Å². The Morgan fingerprint density at radius 2 is 2.22 bits per heavy atom. The summed E-state index contributed by atoms with van der Waals surface area (Å²) in [6.45, 7) is 8.51. The maximum Gasteiger partial charge on any atom is 0.375 e. The summed E-state index contributed by atoms with van der Waals surface area (Å²) in [7, 11) is 0. The first-order chi connectivity index (χ1) is 8.58. The van der Waals surface area contributed by atoms with Crippen LogP contribution >= 0.6 is 0 Å². The Kier molecular flexibility index (Phi) is 5.58. The molecule has 0 fully saturated rings. The average Bonchev–Trinajstić information content (AvgIpc) is 2.78. The Balaban J connectivity index is 2.74. The number of ether oxygens (including phenoxy) is 2. The maximum absolute atomic E-state index is 11.4. The van der Waals surface area contributed by atoms with Gasteiger partial charge < -0.3 is 13.9 Å². The largest absolute Gasteiger partial charge is 0.460 e. The van der Waals surface area contributed by atoms with Gasteiger partial charge in [-0.25, -0.2) is 9.78 Å². The minimum Gasteiger partial charge on any atom is -0.460 e. The lowest BCUT2D eigenvalue weighted by Gasteiger charge is -2.10. The fraction of sp³-hybridized carbons (Fsp3) is 0.538. The summed E-state index contributed by atoms with van der Waals surface area (Å²) in [6, 6.07) is 0. The molecule has 1 aromatic rings. The number of hydrogen-bond acceptors (Lipinski definition) is 5. The Hall–Kier alpha value is -1.62. The zero-order chi connectivity index (χ0) is 13.5. The van der Waals surface area contributed by atoms with E-state index in [1.54, 1.807) is 13.0 Å². The molecule has 0 amide bonds. The highest BCUT2D eigenvalue weighted by molar-refractivity contribution is 5.86. The van der Waals surface area contributed by atoms with E-state index in [-0.39, 0.29) is 11.9 Å². The van der Waals surface area contributed by atoms with Crippen LogP contribution in [0.2, 0.25) is 0 Å². The molecular weight excluding hydrogens is 234 g/mol. The number of carbonyl (C=O) groups excluding carboxylic acids is 1. The van der Waals surface area contributed by atoms with Crippen LogP contribution in [0.15, 0.2) is 16.2 Å². The molecule has 1 rings (SSSR count). The molecule has 0 saturated heterocycles. The van der Waals surface area contributed by atoms with Crippen molar-refractivity contribution in [3.8, 4) is 0 Å². The van der Waals surface area contributed by atoms with Gasteiger partial charge in [0.2, 0.25) is 11.7 Å². The molecule has 1 atom stereocenters. The number of hydrogen-bond donors (Lipinski definition) is 0. The summed E-state index contributed by atoms with van der Waals surface area (Å²) in [5, 5.41) is 0. The van der Waals surface area contributed by atoms with E-state index in [9.17, 15) is 4.79 Å². The van der Waals surface area contributed by atoms with Gasteiger partial charge in [-0.15, -0.1) is 0 Å². The third kappa shape index (κ3) is 4.00. The number of aromatic nitrogens is 1. The van der Waals surface area contributed by atoms with Crippen molar-refractivity contribution in [1.82, 2.24) is 4.98 Å². The van der Waals surface area contributed by atoms with Crippen molar-refractivity contribution in [2.75, 3.05) is 13.2 Å². The van der Waals surface area contributed by atoms with Crippen LogP contribution in [0.25, 0.3) is 6.08 Å². The standard InChI is InChI=1S/C13H19NO4/c1-5-16-10(4)9(3)7-12-14-8-11(18-12)13(15)17-6-2/h7-8,10H,5-6H2,1-4H3/b9-7-/t10-/m1/s1. The molecular formula is C13H19NO4. The van der Waals surface area contributed by atoms with Gasteiger partial charge in [0.05, 0.1) is 18.9 Å². The van der Waals surface area contributed by atoms with Gasteiger partial charge in [0.15, 0.2) is 0 Å². The normalized spacial score (nSPS) is 13.4. The van der Waals surface area contributed by atoms with Gasteiger partial charge in [-0.3, -0.25) is 0 Å². The van der Waals surface area contributed by atoms with Gasteiger partial charge in [0, 0.05) is 12.7 Å². The first kappa shape index (κ1) is 14.4. The summed E-state index contributed by atoms with van der Waals surface area (Å²) in [5.41, 5.74) is 0.981. The van der Waals surface area contributed by atoms with E-state index in [1.165, 1.54) is 6.20 Å². The summed E-state index contributed by atoms with van der Waals surface area (Å²) < 4.78 is 15.5. The number of carbonyl (C=O) groups is 1. The van der Waals surface area contributed by atoms with Crippen molar-refractivity contribution >= 4 is 12.0 Å². The van der Waals surface area contributed by atoms with Crippen molar-refractivity contribution in [3.63, 3.8) is 0 Å². The quantitative estimate of drug-likeness (QED) is 0.729. The highest BCUT2D eigenvalue weighted by Crippen LogP contribution is 2.13. The van der Waals surface area contributed by atoms with Gasteiger partial charge in [-0.1, -0.05) is 0 Å². The molecule has 1 heterocycles. The zero-order valence-electron chi connectivity index (χ0n) is 11.2. The predicted octanol–water partition coefficient (Wildman–Crippen LogP) is 2.68. The van der Waals surface area contributed by atoms with Crippen molar-refractivity contribution in [3.05, 3.63) is 23.4 Å². The lowest BCUT2D eigenvalue weighted by Crippen LogP contribution is -2.08. The van der Waals surface area contributed by atoms with E-state index >= 15 is 0 Å². The number of esters is 1. The monoisotopic (exact) mass is 253 g/mol. The lowest BCUT2D eigenvalue weighted by atomic mass is 10.2. The van der Waals surface area contributed by atoms with Crippen molar-refractivity contribution in [2.45, 2.75) is 33.8 Å². The fourth-order valence-corrected chi connectivity index (χ4v) is 1.34. The Morgan fingerprint density at radius 3 is 2.83 bits per heavy atom. The van der Waals surface area contributed by atoms with E-state index in [0.717, 1.165) is 5.57 Å². The molecule has 0 aliphatic heterocycles. The molecule has 0 aliphatic rings. The molecule has 0 unspecified atom stereocenters. The van der Waals surface area contributed by atoms with Crippen LogP contribution in [0.4, 0.5) is 0 Å². The second kappa shape index (κ2) is 6.96. The number of rotatable bonds is 6. The third-order valence-electron chi connectivity index (χ3n) is 2.41. The van der Waals surface area contributed by atoms with Crippen molar-refractivity contribution in [1.29, 1.82) is 0 Å². The first-order valence-electron chi connectivity index (χ1n) is 6.01. The van der Waals surface area contributed by atoms with E-state index in [1.807, 2.05) is 20.8 Å². The molecule has 0 bridgehead atoms. The number of nitrogens with zero attached hydrogens (tertiary/aromatic N) is 1. The van der Waals surface area contributed by atoms with Crippen LogP contribution in [0, 0.1) is 0 Å². The molecule has 18 heavy (non-hydrogen) atoms. The van der Waals surface area contributed by atoms with Gasteiger partial charge in [0.25, 0.3) is 0 Å². The molecule has 5 heteroatoms. The Morgan fingerprint density at radius 1 is 1.50 bits per heavy atom. The van der Waals surface area contributed by atoms with E-state index in [2.05, 4.69) is 4.98 Å². The third-order valence-corrected chi connectivity index (χ3v) is 2.41. The second-order valence-corrected chi connectivity index (χ2v) is 3.77. The number of oxazole rings is 1. The van der Waals surface area contributed by atoms with Crippen LogP contribution in [0.5, 0.6) is 0 Å². The van der Waals surface area contributed by atoms with Crippen LogP contribution in [0.3, 0.4) is 0 Å². The summed E-state index contributed by atoms with van der Waals surface area (Å²) >= 11 is 0. The van der Waals surface area contributed by atoms with E-state index in [4.69, 9.17) is 13.9 Å². The van der Waals surface area contributed by atoms with Gasteiger partial charge in [-0.05, 0) is 33.3 Å². The second-order valence-electron chi connectivity index (χ2n) is 3.77. The fourth-order valence-electron chi connectivity index (χ4n) is 1.34. The van der Waals surface area contributed by atoms with Gasteiger partial charge >= 0.3 is 5.97 Å². The summed E-state index contributed by atoms with van der Waals surface area (Å²) in [6.07, 6.45) is 3.11. The average molecular weight is 253 g/mol. The summed E-state index contributed by atoms with van der Waals surface area (Å²) in [5.74, 6) is -0.0118. The predicted molar refractivity (Wildman–Crippen MR) is 67.2 cm³/mol. The van der Waals surface area contributed by atoms with Crippen molar-refractivity contribution < 1.29 is 18.7 Å². The van der Waals surface area contributed by atoms with E-state index in [0.29, 0.717) is 19.1 Å². The van der Waals surface area contributed by atoms with Crippen molar-refractivity contribution in [2.24, 2.45) is 0 Å². The zero-order valence-corrected chi connectivity index (χ0v) is 11.2. The molecule has 100 valence electrons. The molecule has 0 radical (unpaired) electrons. The lowest BCUT2D eigenvalue weighted by molar-refractivity contribution is 0.0489. The minimum atomic E-state index is -0.500. The van der Waals surface area contributed by atoms with Crippen LogP contribution in [-0.4, -0.2) is 30.3 Å². The van der Waals surface area contributed by atoms with Crippen LogP contribution in [-0.2, 0) is 9.47 Å². The molecule has 5 nitrogen and oxygen atoms in total. The maximum atomic E-state index is 11.4. The van der Waals surface area contributed by atoms with E-state index < -0.39 is 5.97 Å². The molecule has 0 aromatic carbocycles. The SMILES string of the molecule is CCOC(=O)c1cnc(/C=C(/C)[C@@H](C)OCC)o1. The Labute approximate surface area is 107 Å². The minimum absolute atomic E-state index is 0.00653. The Bertz CT molecular complexity index is 422. The highest BCUT2D eigenvalue weighted by Gasteiger charge is 2.13. The molecule has 0 aliphatic carbocycles. The van der Waals surface area contributed by atoms with Gasteiger partial charge in [0.1, 0.15) is 0 Å². The molecule has 0 N–H and O–H groups in total. The molecule has 0 saturated carbocycles.